The molecule has 0 bridgehead atoms. The van der Waals surface area contributed by atoms with Gasteiger partial charge in [-0.1, -0.05) is 39.0 Å². The number of aliphatic imine (C=N–C) groups is 1. The van der Waals surface area contributed by atoms with Gasteiger partial charge in [0.05, 0.1) is 6.10 Å². The first-order valence-corrected chi connectivity index (χ1v) is 11.0. The molecule has 0 aliphatic heterocycles. The van der Waals surface area contributed by atoms with Crippen LogP contribution in [0.15, 0.2) is 4.99 Å². The van der Waals surface area contributed by atoms with Crippen molar-refractivity contribution in [1.29, 1.82) is 0 Å². The van der Waals surface area contributed by atoms with E-state index >= 15 is 0 Å². The molecule has 0 radical (unpaired) electrons. The largest absolute Gasteiger partial charge is 0.396 e. The Bertz CT molecular complexity index is 342. The molecule has 162 valence electrons. The zero-order valence-corrected chi connectivity index (χ0v) is 20.0. The number of hydrogen-bond acceptors (Lipinski definition) is 3. The summed E-state index contributed by atoms with van der Waals surface area (Å²) in [5, 5.41) is 15.9. The van der Waals surface area contributed by atoms with Gasteiger partial charge < -0.3 is 20.5 Å². The summed E-state index contributed by atoms with van der Waals surface area (Å²) in [7, 11) is 0. The fourth-order valence-electron chi connectivity index (χ4n) is 3.57. The first-order chi connectivity index (χ1) is 12.8. The summed E-state index contributed by atoms with van der Waals surface area (Å²) in [6.45, 7) is 8.01. The van der Waals surface area contributed by atoms with Crippen molar-refractivity contribution in [3.05, 3.63) is 0 Å². The van der Waals surface area contributed by atoms with Gasteiger partial charge in [0.1, 0.15) is 0 Å². The molecule has 0 aromatic carbocycles. The third kappa shape index (κ3) is 14.6. The molecule has 1 aliphatic rings. The van der Waals surface area contributed by atoms with Crippen LogP contribution in [-0.4, -0.2) is 50.0 Å². The lowest BCUT2D eigenvalue weighted by Crippen LogP contribution is -2.38. The number of aliphatic hydroxyl groups is 1. The zero-order chi connectivity index (χ0) is 18.9. The molecule has 27 heavy (non-hydrogen) atoms. The summed E-state index contributed by atoms with van der Waals surface area (Å²) in [6, 6.07) is 0. The van der Waals surface area contributed by atoms with Crippen LogP contribution in [0.5, 0.6) is 0 Å². The highest BCUT2D eigenvalue weighted by atomic mass is 127. The van der Waals surface area contributed by atoms with Crippen LogP contribution in [0.3, 0.4) is 0 Å². The van der Waals surface area contributed by atoms with Gasteiger partial charge in [0.2, 0.25) is 0 Å². The number of nitrogens with zero attached hydrogens (tertiary/aromatic N) is 1. The van der Waals surface area contributed by atoms with Crippen LogP contribution < -0.4 is 10.6 Å². The average Bonchev–Trinajstić information content (AvgIpc) is 2.91. The third-order valence-electron chi connectivity index (χ3n) is 5.11. The Morgan fingerprint density at radius 1 is 1.07 bits per heavy atom. The minimum Gasteiger partial charge on any atom is -0.396 e. The normalized spacial score (nSPS) is 17.1. The second kappa shape index (κ2) is 19.2. The van der Waals surface area contributed by atoms with Crippen LogP contribution in [0, 0.1) is 5.92 Å². The molecule has 1 saturated carbocycles. The van der Waals surface area contributed by atoms with Gasteiger partial charge in [-0.15, -0.1) is 24.0 Å². The van der Waals surface area contributed by atoms with E-state index < -0.39 is 0 Å². The molecule has 1 aliphatic carbocycles. The van der Waals surface area contributed by atoms with Crippen molar-refractivity contribution in [2.45, 2.75) is 90.6 Å². The SMILES string of the molecule is CCCC(CCO)CN=C(NCC)NCCCCOC1CCCCCC1.I. The van der Waals surface area contributed by atoms with Crippen LogP contribution in [0.2, 0.25) is 0 Å². The van der Waals surface area contributed by atoms with Gasteiger partial charge in [-0.25, -0.2) is 0 Å². The number of guanidine groups is 1. The standard InChI is InChI=1S/C21H43N3O2.HI/c1-3-11-19(14-16-25)18-24-21(22-4-2)23-15-9-10-17-26-20-12-7-5-6-8-13-20;/h19-20,25H,3-18H2,1-2H3,(H2,22,23,24);1H. The number of hydrogen-bond donors (Lipinski definition) is 3. The van der Waals surface area contributed by atoms with Crippen molar-refractivity contribution in [2.24, 2.45) is 10.9 Å². The number of ether oxygens (including phenoxy) is 1. The zero-order valence-electron chi connectivity index (χ0n) is 17.7. The Morgan fingerprint density at radius 3 is 2.44 bits per heavy atom. The molecular formula is C21H44IN3O2. The molecule has 1 atom stereocenters. The van der Waals surface area contributed by atoms with E-state index in [9.17, 15) is 5.11 Å². The molecule has 0 saturated heterocycles. The Morgan fingerprint density at radius 2 is 1.81 bits per heavy atom. The fourth-order valence-corrected chi connectivity index (χ4v) is 3.57. The second-order valence-corrected chi connectivity index (χ2v) is 7.50. The van der Waals surface area contributed by atoms with Crippen molar-refractivity contribution < 1.29 is 9.84 Å². The number of aliphatic hydroxyl groups excluding tert-OH is 1. The van der Waals surface area contributed by atoms with Gasteiger partial charge in [-0.05, 0) is 51.4 Å². The molecule has 0 aromatic heterocycles. The van der Waals surface area contributed by atoms with Gasteiger partial charge in [0.15, 0.2) is 5.96 Å². The van der Waals surface area contributed by atoms with E-state index in [1.807, 2.05) is 0 Å². The maximum absolute atomic E-state index is 9.17. The smallest absolute Gasteiger partial charge is 0.191 e. The van der Waals surface area contributed by atoms with Gasteiger partial charge in [-0.2, -0.15) is 0 Å². The maximum Gasteiger partial charge on any atom is 0.191 e. The van der Waals surface area contributed by atoms with Crippen LogP contribution in [-0.2, 0) is 4.74 Å². The van der Waals surface area contributed by atoms with E-state index in [-0.39, 0.29) is 30.6 Å². The van der Waals surface area contributed by atoms with Crippen molar-refractivity contribution >= 4 is 29.9 Å². The minimum absolute atomic E-state index is 0. The first kappa shape index (κ1) is 26.9. The number of nitrogens with one attached hydrogen (secondary N) is 2. The summed E-state index contributed by atoms with van der Waals surface area (Å²) in [5.74, 6) is 1.38. The third-order valence-corrected chi connectivity index (χ3v) is 5.11. The van der Waals surface area contributed by atoms with Crippen molar-refractivity contribution in [3.63, 3.8) is 0 Å². The predicted octanol–water partition coefficient (Wildman–Crippen LogP) is 4.48. The van der Waals surface area contributed by atoms with Crippen molar-refractivity contribution in [2.75, 3.05) is 32.8 Å². The van der Waals surface area contributed by atoms with Gasteiger partial charge in [-0.3, -0.25) is 4.99 Å². The highest BCUT2D eigenvalue weighted by Crippen LogP contribution is 2.19. The lowest BCUT2D eigenvalue weighted by molar-refractivity contribution is 0.0411. The minimum atomic E-state index is 0. The first-order valence-electron chi connectivity index (χ1n) is 11.0. The molecule has 1 unspecified atom stereocenters. The quantitative estimate of drug-likeness (QED) is 0.115. The van der Waals surface area contributed by atoms with Crippen LogP contribution >= 0.6 is 24.0 Å². The molecule has 0 amide bonds. The molecule has 3 N–H and O–H groups in total. The molecule has 0 spiro atoms. The Labute approximate surface area is 184 Å². The molecule has 1 fully saturated rings. The predicted molar refractivity (Wildman–Crippen MR) is 126 cm³/mol. The molecule has 0 aromatic rings. The molecule has 1 rings (SSSR count). The summed E-state index contributed by atoms with van der Waals surface area (Å²) in [6.07, 6.45) is 13.8. The second-order valence-electron chi connectivity index (χ2n) is 7.50. The lowest BCUT2D eigenvalue weighted by Gasteiger charge is -2.16. The molecule has 5 nitrogen and oxygen atoms in total. The van der Waals surface area contributed by atoms with Crippen molar-refractivity contribution in [1.82, 2.24) is 10.6 Å². The molecule has 0 heterocycles. The van der Waals surface area contributed by atoms with Gasteiger partial charge in [0, 0.05) is 32.8 Å². The number of unbranched alkanes of at least 4 members (excludes halogenated alkanes) is 1. The van der Waals surface area contributed by atoms with Gasteiger partial charge >= 0.3 is 0 Å². The van der Waals surface area contributed by atoms with Crippen LogP contribution in [0.4, 0.5) is 0 Å². The fraction of sp³-hybridized carbons (Fsp3) is 0.952. The monoisotopic (exact) mass is 497 g/mol. The van der Waals surface area contributed by atoms with E-state index in [2.05, 4.69) is 24.5 Å². The van der Waals surface area contributed by atoms with Crippen LogP contribution in [0.25, 0.3) is 0 Å². The highest BCUT2D eigenvalue weighted by molar-refractivity contribution is 14.0. The van der Waals surface area contributed by atoms with E-state index in [1.165, 1.54) is 38.5 Å². The molecular weight excluding hydrogens is 453 g/mol. The molecule has 6 heteroatoms. The van der Waals surface area contributed by atoms with Crippen LogP contribution in [0.1, 0.15) is 84.5 Å². The summed E-state index contributed by atoms with van der Waals surface area (Å²) < 4.78 is 6.05. The van der Waals surface area contributed by atoms with E-state index in [1.54, 1.807) is 0 Å². The van der Waals surface area contributed by atoms with Crippen molar-refractivity contribution in [3.8, 4) is 0 Å². The maximum atomic E-state index is 9.17. The average molecular weight is 498 g/mol. The Hall–Kier alpha value is -0.0800. The summed E-state index contributed by atoms with van der Waals surface area (Å²) in [5.41, 5.74) is 0. The van der Waals surface area contributed by atoms with E-state index in [0.717, 1.165) is 64.3 Å². The number of rotatable bonds is 13. The van der Waals surface area contributed by atoms with Gasteiger partial charge in [0.25, 0.3) is 0 Å². The highest BCUT2D eigenvalue weighted by Gasteiger charge is 2.12. The van der Waals surface area contributed by atoms with E-state index in [4.69, 9.17) is 9.73 Å². The van der Waals surface area contributed by atoms with E-state index in [0.29, 0.717) is 12.0 Å². The topological polar surface area (TPSA) is 65.9 Å². The number of halogens is 1. The Kier molecular flexibility index (Phi) is 19.2. The Balaban J connectivity index is 0.00000676. The summed E-state index contributed by atoms with van der Waals surface area (Å²) in [4.78, 5) is 4.70. The lowest BCUT2D eigenvalue weighted by atomic mass is 10.0. The summed E-state index contributed by atoms with van der Waals surface area (Å²) >= 11 is 0.